The van der Waals surface area contributed by atoms with Crippen molar-refractivity contribution in [3.63, 3.8) is 0 Å². The number of nitrogens with one attached hydrogen (secondary N) is 1. The van der Waals surface area contributed by atoms with Gasteiger partial charge in [-0.2, -0.15) is 0 Å². The highest BCUT2D eigenvalue weighted by atomic mass is 16.2. The van der Waals surface area contributed by atoms with E-state index in [2.05, 4.69) is 10.2 Å². The van der Waals surface area contributed by atoms with Crippen molar-refractivity contribution in [3.8, 4) is 0 Å². The zero-order valence-corrected chi connectivity index (χ0v) is 15.2. The lowest BCUT2D eigenvalue weighted by atomic mass is 10.1. The van der Waals surface area contributed by atoms with E-state index >= 15 is 0 Å². The van der Waals surface area contributed by atoms with Gasteiger partial charge in [0.1, 0.15) is 6.04 Å². The molecule has 1 N–H and O–H groups in total. The number of hydrogen-bond donors (Lipinski definition) is 1. The Morgan fingerprint density at radius 3 is 2.68 bits per heavy atom. The summed E-state index contributed by atoms with van der Waals surface area (Å²) in [4.78, 5) is 29.2. The summed E-state index contributed by atoms with van der Waals surface area (Å²) < 4.78 is 0. The molecule has 1 fully saturated rings. The van der Waals surface area contributed by atoms with Gasteiger partial charge in [-0.1, -0.05) is 31.5 Å². The van der Waals surface area contributed by atoms with Crippen molar-refractivity contribution in [1.29, 1.82) is 0 Å². The molecular weight excluding hydrogens is 314 g/mol. The number of likely N-dealkylation sites (tertiary alicyclic amines) is 1. The van der Waals surface area contributed by atoms with Gasteiger partial charge in [0.25, 0.3) is 0 Å². The molecule has 0 aliphatic carbocycles. The minimum absolute atomic E-state index is 0.0124. The van der Waals surface area contributed by atoms with Crippen LogP contribution in [0.2, 0.25) is 0 Å². The number of carbonyl (C=O) groups excluding carboxylic acids is 2. The van der Waals surface area contributed by atoms with Crippen LogP contribution in [0.4, 0.5) is 5.69 Å². The molecule has 0 unspecified atom stereocenters. The number of fused-ring (bicyclic) bond motifs is 1. The highest BCUT2D eigenvalue weighted by Crippen LogP contribution is 2.32. The van der Waals surface area contributed by atoms with E-state index in [1.54, 1.807) is 4.90 Å². The molecular formula is C20H29N3O2. The zero-order chi connectivity index (χ0) is 17.6. The SMILES string of the molecule is CCC(=O)N1c2ccccc2C[C@@H]1C(=O)NCCCN1CCCCC1. The summed E-state index contributed by atoms with van der Waals surface area (Å²) >= 11 is 0. The monoisotopic (exact) mass is 343 g/mol. The van der Waals surface area contributed by atoms with E-state index < -0.39 is 6.04 Å². The summed E-state index contributed by atoms with van der Waals surface area (Å²) in [6, 6.07) is 7.43. The topological polar surface area (TPSA) is 52.7 Å². The molecule has 3 rings (SSSR count). The van der Waals surface area contributed by atoms with Crippen LogP contribution >= 0.6 is 0 Å². The fraction of sp³-hybridized carbons (Fsp3) is 0.600. The number of amides is 2. The molecule has 0 aromatic heterocycles. The molecule has 1 atom stereocenters. The zero-order valence-electron chi connectivity index (χ0n) is 15.2. The number of hydrogen-bond acceptors (Lipinski definition) is 3. The molecule has 0 saturated carbocycles. The molecule has 2 amide bonds. The normalized spacial score (nSPS) is 20.4. The smallest absolute Gasteiger partial charge is 0.243 e. The lowest BCUT2D eigenvalue weighted by Gasteiger charge is -2.27. The van der Waals surface area contributed by atoms with Crippen LogP contribution in [0.15, 0.2) is 24.3 Å². The van der Waals surface area contributed by atoms with Gasteiger partial charge >= 0.3 is 0 Å². The maximum Gasteiger partial charge on any atom is 0.243 e. The predicted octanol–water partition coefficient (Wildman–Crippen LogP) is 2.35. The second kappa shape index (κ2) is 8.48. The predicted molar refractivity (Wildman–Crippen MR) is 99.6 cm³/mol. The summed E-state index contributed by atoms with van der Waals surface area (Å²) in [5, 5.41) is 3.05. The Morgan fingerprint density at radius 1 is 1.16 bits per heavy atom. The van der Waals surface area contributed by atoms with Crippen LogP contribution < -0.4 is 10.2 Å². The number of rotatable bonds is 6. The Labute approximate surface area is 150 Å². The van der Waals surface area contributed by atoms with Gasteiger partial charge < -0.3 is 10.2 Å². The third-order valence-electron chi connectivity index (χ3n) is 5.25. The number of nitrogens with zero attached hydrogens (tertiary/aromatic N) is 2. The van der Waals surface area contributed by atoms with Gasteiger partial charge in [-0.3, -0.25) is 14.5 Å². The summed E-state index contributed by atoms with van der Waals surface area (Å²) in [6.45, 7) is 5.94. The average Bonchev–Trinajstić information content (AvgIpc) is 3.05. The van der Waals surface area contributed by atoms with E-state index in [0.717, 1.165) is 24.2 Å². The first-order valence-electron chi connectivity index (χ1n) is 9.60. The summed E-state index contributed by atoms with van der Waals surface area (Å²) in [7, 11) is 0. The number of benzene rings is 1. The fourth-order valence-electron chi connectivity index (χ4n) is 3.89. The lowest BCUT2D eigenvalue weighted by molar-refractivity contribution is -0.126. The van der Waals surface area contributed by atoms with Crippen molar-refractivity contribution in [2.24, 2.45) is 0 Å². The van der Waals surface area contributed by atoms with Crippen LogP contribution in [0.1, 0.15) is 44.6 Å². The molecule has 0 radical (unpaired) electrons. The molecule has 0 bridgehead atoms. The molecule has 25 heavy (non-hydrogen) atoms. The molecule has 136 valence electrons. The first kappa shape index (κ1) is 17.9. The molecule has 2 aliphatic heterocycles. The van der Waals surface area contributed by atoms with E-state index in [0.29, 0.717) is 19.4 Å². The van der Waals surface area contributed by atoms with Crippen molar-refractivity contribution < 1.29 is 9.59 Å². The highest BCUT2D eigenvalue weighted by Gasteiger charge is 2.37. The molecule has 1 aromatic carbocycles. The Balaban J connectivity index is 1.53. The largest absolute Gasteiger partial charge is 0.354 e. The van der Waals surface area contributed by atoms with Crippen LogP contribution in [-0.2, 0) is 16.0 Å². The van der Waals surface area contributed by atoms with E-state index in [4.69, 9.17) is 0 Å². The second-order valence-corrected chi connectivity index (χ2v) is 7.01. The molecule has 2 aliphatic rings. The van der Waals surface area contributed by atoms with Crippen molar-refractivity contribution in [1.82, 2.24) is 10.2 Å². The van der Waals surface area contributed by atoms with Gasteiger partial charge in [0, 0.05) is 25.1 Å². The van der Waals surface area contributed by atoms with Crippen molar-refractivity contribution >= 4 is 17.5 Å². The first-order chi connectivity index (χ1) is 12.2. The van der Waals surface area contributed by atoms with Crippen LogP contribution in [0.3, 0.4) is 0 Å². The highest BCUT2D eigenvalue weighted by molar-refractivity contribution is 6.03. The molecule has 1 saturated heterocycles. The van der Waals surface area contributed by atoms with Crippen molar-refractivity contribution in [3.05, 3.63) is 29.8 Å². The van der Waals surface area contributed by atoms with Gasteiger partial charge in [0.05, 0.1) is 0 Å². The van der Waals surface area contributed by atoms with Gasteiger partial charge in [0.15, 0.2) is 0 Å². The quantitative estimate of drug-likeness (QED) is 0.807. The van der Waals surface area contributed by atoms with E-state index in [-0.39, 0.29) is 11.8 Å². The minimum Gasteiger partial charge on any atom is -0.354 e. The second-order valence-electron chi connectivity index (χ2n) is 7.01. The summed E-state index contributed by atoms with van der Waals surface area (Å²) in [5.41, 5.74) is 1.97. The summed E-state index contributed by atoms with van der Waals surface area (Å²) in [5.74, 6) is -0.0185. The average molecular weight is 343 g/mol. The Bertz CT molecular complexity index is 611. The van der Waals surface area contributed by atoms with Crippen LogP contribution in [0.25, 0.3) is 0 Å². The van der Waals surface area contributed by atoms with Crippen molar-refractivity contribution in [2.75, 3.05) is 31.1 Å². The molecule has 5 heteroatoms. The standard InChI is InChI=1S/C20H29N3O2/c1-2-19(24)23-17-10-5-4-9-16(17)15-18(23)20(25)21-11-8-14-22-12-6-3-7-13-22/h4-5,9-10,18H,2-3,6-8,11-15H2,1H3,(H,21,25)/t18-/m1/s1. The third kappa shape index (κ3) is 4.21. The Kier molecular flexibility index (Phi) is 6.08. The van der Waals surface area contributed by atoms with E-state index in [9.17, 15) is 9.59 Å². The number of anilines is 1. The van der Waals surface area contributed by atoms with Crippen LogP contribution in [-0.4, -0.2) is 48.9 Å². The molecule has 5 nitrogen and oxygen atoms in total. The Hall–Kier alpha value is -1.88. The van der Waals surface area contributed by atoms with Gasteiger partial charge in [-0.15, -0.1) is 0 Å². The van der Waals surface area contributed by atoms with Gasteiger partial charge in [0.2, 0.25) is 11.8 Å². The van der Waals surface area contributed by atoms with Crippen molar-refractivity contribution in [2.45, 2.75) is 51.5 Å². The first-order valence-corrected chi connectivity index (χ1v) is 9.60. The summed E-state index contributed by atoms with van der Waals surface area (Å²) in [6.07, 6.45) is 5.92. The maximum absolute atomic E-state index is 12.7. The number of carbonyl (C=O) groups is 2. The number of para-hydroxylation sites is 1. The van der Waals surface area contributed by atoms with Crippen LogP contribution in [0.5, 0.6) is 0 Å². The van der Waals surface area contributed by atoms with Gasteiger partial charge in [-0.05, 0) is 50.5 Å². The molecule has 0 spiro atoms. The van der Waals surface area contributed by atoms with E-state index in [1.807, 2.05) is 31.2 Å². The minimum atomic E-state index is -0.403. The molecule has 2 heterocycles. The third-order valence-corrected chi connectivity index (χ3v) is 5.25. The van der Waals surface area contributed by atoms with Gasteiger partial charge in [-0.25, -0.2) is 0 Å². The lowest BCUT2D eigenvalue weighted by Crippen LogP contribution is -2.48. The molecule has 1 aromatic rings. The fourth-order valence-corrected chi connectivity index (χ4v) is 3.89. The van der Waals surface area contributed by atoms with Crippen LogP contribution in [0, 0.1) is 0 Å². The number of piperidine rings is 1. The van der Waals surface area contributed by atoms with E-state index in [1.165, 1.54) is 32.4 Å². The maximum atomic E-state index is 12.7. The Morgan fingerprint density at radius 2 is 1.92 bits per heavy atom.